The number of rotatable bonds is 8. The van der Waals surface area contributed by atoms with E-state index >= 15 is 0 Å². The van der Waals surface area contributed by atoms with Gasteiger partial charge in [0.2, 0.25) is 0 Å². The Labute approximate surface area is 112 Å². The van der Waals surface area contributed by atoms with Crippen molar-refractivity contribution in [3.63, 3.8) is 0 Å². The summed E-state index contributed by atoms with van der Waals surface area (Å²) >= 11 is 0. The lowest BCUT2D eigenvalue weighted by Gasteiger charge is -2.12. The van der Waals surface area contributed by atoms with Gasteiger partial charge in [0.15, 0.2) is 0 Å². The van der Waals surface area contributed by atoms with Gasteiger partial charge in [0, 0.05) is 24.2 Å². The molecular formula is C13H20N2O4. The van der Waals surface area contributed by atoms with E-state index in [0.29, 0.717) is 18.2 Å². The van der Waals surface area contributed by atoms with Crippen LogP contribution >= 0.6 is 0 Å². The van der Waals surface area contributed by atoms with E-state index in [-0.39, 0.29) is 18.9 Å². The first kappa shape index (κ1) is 15.4. The molecule has 19 heavy (non-hydrogen) atoms. The summed E-state index contributed by atoms with van der Waals surface area (Å²) in [6.45, 7) is 5.58. The Kier molecular flexibility index (Phi) is 6.24. The molecule has 0 atom stereocenters. The number of nitro benzene ring substituents is 1. The average molecular weight is 268 g/mol. The second-order valence-corrected chi connectivity index (χ2v) is 4.65. The molecule has 0 aliphatic rings. The zero-order chi connectivity index (χ0) is 14.3. The van der Waals surface area contributed by atoms with Gasteiger partial charge in [-0.05, 0) is 18.5 Å². The van der Waals surface area contributed by atoms with Gasteiger partial charge in [-0.25, -0.2) is 0 Å². The van der Waals surface area contributed by atoms with Crippen molar-refractivity contribution >= 4 is 5.69 Å². The number of non-ortho nitro benzene ring substituents is 1. The summed E-state index contributed by atoms with van der Waals surface area (Å²) in [5.74, 6) is 1.07. The fraction of sp³-hybridized carbons (Fsp3) is 0.538. The van der Waals surface area contributed by atoms with Gasteiger partial charge < -0.3 is 15.2 Å². The van der Waals surface area contributed by atoms with E-state index < -0.39 is 4.92 Å². The highest BCUT2D eigenvalue weighted by Gasteiger charge is 2.11. The molecule has 1 aromatic carbocycles. The van der Waals surface area contributed by atoms with Crippen LogP contribution in [0, 0.1) is 16.0 Å². The molecule has 0 fully saturated rings. The number of benzene rings is 1. The molecule has 0 saturated heterocycles. The van der Waals surface area contributed by atoms with Crippen LogP contribution in [-0.2, 0) is 6.54 Å². The van der Waals surface area contributed by atoms with Crippen molar-refractivity contribution < 1.29 is 14.8 Å². The Morgan fingerprint density at radius 3 is 2.79 bits per heavy atom. The molecule has 0 spiro atoms. The van der Waals surface area contributed by atoms with E-state index in [2.05, 4.69) is 19.2 Å². The van der Waals surface area contributed by atoms with E-state index in [9.17, 15) is 10.1 Å². The Balaban J connectivity index is 2.81. The minimum Gasteiger partial charge on any atom is -0.491 e. The second-order valence-electron chi connectivity index (χ2n) is 4.65. The fourth-order valence-corrected chi connectivity index (χ4v) is 1.61. The highest BCUT2D eigenvalue weighted by molar-refractivity contribution is 5.43. The Bertz CT molecular complexity index is 421. The molecular weight excluding hydrogens is 248 g/mol. The first-order valence-electron chi connectivity index (χ1n) is 6.26. The van der Waals surface area contributed by atoms with Gasteiger partial charge in [-0.1, -0.05) is 13.8 Å². The Morgan fingerprint density at radius 1 is 1.47 bits per heavy atom. The normalized spacial score (nSPS) is 10.7. The van der Waals surface area contributed by atoms with Crippen LogP contribution in [0.2, 0.25) is 0 Å². The summed E-state index contributed by atoms with van der Waals surface area (Å²) in [4.78, 5) is 10.3. The molecule has 0 bridgehead atoms. The van der Waals surface area contributed by atoms with Crippen LogP contribution < -0.4 is 10.1 Å². The minimum atomic E-state index is -0.429. The summed E-state index contributed by atoms with van der Waals surface area (Å²) < 4.78 is 5.37. The van der Waals surface area contributed by atoms with E-state index in [0.717, 1.165) is 12.1 Å². The third-order valence-electron chi connectivity index (χ3n) is 2.47. The monoisotopic (exact) mass is 268 g/mol. The van der Waals surface area contributed by atoms with Crippen LogP contribution in [0.15, 0.2) is 18.2 Å². The lowest BCUT2D eigenvalue weighted by atomic mass is 10.1. The highest BCUT2D eigenvalue weighted by atomic mass is 16.6. The molecule has 1 rings (SSSR count). The topological polar surface area (TPSA) is 84.6 Å². The minimum absolute atomic E-state index is 0.0395. The fourth-order valence-electron chi connectivity index (χ4n) is 1.61. The Hall–Kier alpha value is -1.66. The van der Waals surface area contributed by atoms with Gasteiger partial charge in [-0.3, -0.25) is 10.1 Å². The van der Waals surface area contributed by atoms with Gasteiger partial charge in [-0.2, -0.15) is 0 Å². The van der Waals surface area contributed by atoms with E-state index in [1.165, 1.54) is 12.1 Å². The standard InChI is InChI=1S/C13H20N2O4/c1-10(2)8-14-9-11-7-12(15(17)18)3-4-13(11)19-6-5-16/h3-4,7,10,14,16H,5-6,8-9H2,1-2H3. The number of nitrogens with one attached hydrogen (secondary N) is 1. The summed E-state index contributed by atoms with van der Waals surface area (Å²) in [5.41, 5.74) is 0.765. The third kappa shape index (κ3) is 5.23. The number of nitro groups is 1. The number of aliphatic hydroxyl groups excluding tert-OH is 1. The molecule has 2 N–H and O–H groups in total. The molecule has 0 aromatic heterocycles. The summed E-state index contributed by atoms with van der Waals surface area (Å²) in [6.07, 6.45) is 0. The van der Waals surface area contributed by atoms with Gasteiger partial charge >= 0.3 is 0 Å². The Morgan fingerprint density at radius 2 is 2.21 bits per heavy atom. The SMILES string of the molecule is CC(C)CNCc1cc([N+](=O)[O-])ccc1OCCO. The van der Waals surface area contributed by atoms with Crippen LogP contribution in [-0.4, -0.2) is 29.8 Å². The molecule has 0 heterocycles. The van der Waals surface area contributed by atoms with Crippen molar-refractivity contribution in [2.75, 3.05) is 19.8 Å². The molecule has 1 aromatic rings. The lowest BCUT2D eigenvalue weighted by Crippen LogP contribution is -2.19. The van der Waals surface area contributed by atoms with E-state index in [4.69, 9.17) is 9.84 Å². The zero-order valence-corrected chi connectivity index (χ0v) is 11.3. The smallest absolute Gasteiger partial charge is 0.270 e. The maximum absolute atomic E-state index is 10.8. The number of hydrogen-bond donors (Lipinski definition) is 2. The molecule has 6 nitrogen and oxygen atoms in total. The molecule has 0 aliphatic carbocycles. The summed E-state index contributed by atoms with van der Waals surface area (Å²) in [7, 11) is 0. The summed E-state index contributed by atoms with van der Waals surface area (Å²) in [5, 5.41) is 22.7. The number of hydrogen-bond acceptors (Lipinski definition) is 5. The van der Waals surface area contributed by atoms with Crippen molar-refractivity contribution in [2.45, 2.75) is 20.4 Å². The van der Waals surface area contributed by atoms with Gasteiger partial charge in [-0.15, -0.1) is 0 Å². The van der Waals surface area contributed by atoms with Gasteiger partial charge in [0.25, 0.3) is 5.69 Å². The summed E-state index contributed by atoms with van der Waals surface area (Å²) in [6, 6.07) is 4.47. The van der Waals surface area contributed by atoms with Crippen LogP contribution in [0.1, 0.15) is 19.4 Å². The molecule has 6 heteroatoms. The van der Waals surface area contributed by atoms with Crippen molar-refractivity contribution in [3.05, 3.63) is 33.9 Å². The largest absolute Gasteiger partial charge is 0.491 e. The van der Waals surface area contributed by atoms with Gasteiger partial charge in [0.1, 0.15) is 12.4 Å². The lowest BCUT2D eigenvalue weighted by molar-refractivity contribution is -0.384. The van der Waals surface area contributed by atoms with Crippen LogP contribution in [0.3, 0.4) is 0 Å². The number of ether oxygens (including phenoxy) is 1. The zero-order valence-electron chi connectivity index (χ0n) is 11.3. The predicted octanol–water partition coefficient (Wildman–Crippen LogP) is 1.71. The van der Waals surface area contributed by atoms with Crippen LogP contribution in [0.4, 0.5) is 5.69 Å². The second kappa shape index (κ2) is 7.70. The molecule has 0 aliphatic heterocycles. The van der Waals surface area contributed by atoms with E-state index in [1.54, 1.807) is 6.07 Å². The van der Waals surface area contributed by atoms with Crippen LogP contribution in [0.5, 0.6) is 5.75 Å². The number of nitrogens with zero attached hydrogens (tertiary/aromatic N) is 1. The molecule has 106 valence electrons. The van der Waals surface area contributed by atoms with Crippen LogP contribution in [0.25, 0.3) is 0 Å². The predicted molar refractivity (Wildman–Crippen MR) is 72.2 cm³/mol. The van der Waals surface area contributed by atoms with Gasteiger partial charge in [0.05, 0.1) is 11.5 Å². The number of aliphatic hydroxyl groups is 1. The van der Waals surface area contributed by atoms with E-state index in [1.807, 2.05) is 0 Å². The molecule has 0 unspecified atom stereocenters. The van der Waals surface area contributed by atoms with Crippen molar-refractivity contribution in [1.82, 2.24) is 5.32 Å². The first-order chi connectivity index (χ1) is 9.04. The quantitative estimate of drug-likeness (QED) is 0.554. The maximum atomic E-state index is 10.8. The highest BCUT2D eigenvalue weighted by Crippen LogP contribution is 2.24. The molecule has 0 amide bonds. The van der Waals surface area contributed by atoms with Crippen molar-refractivity contribution in [1.29, 1.82) is 0 Å². The van der Waals surface area contributed by atoms with Crippen molar-refractivity contribution in [2.24, 2.45) is 5.92 Å². The maximum Gasteiger partial charge on any atom is 0.270 e. The molecule has 0 saturated carbocycles. The van der Waals surface area contributed by atoms with Crippen molar-refractivity contribution in [3.8, 4) is 5.75 Å². The first-order valence-corrected chi connectivity index (χ1v) is 6.26. The average Bonchev–Trinajstić information content (AvgIpc) is 2.36. The molecule has 0 radical (unpaired) electrons. The third-order valence-corrected chi connectivity index (χ3v) is 2.47.